The Bertz CT molecular complexity index is 534. The quantitative estimate of drug-likeness (QED) is 0.854. The smallest absolute Gasteiger partial charge is 0.267 e. The van der Waals surface area contributed by atoms with Crippen molar-refractivity contribution in [2.45, 2.75) is 26.3 Å². The molecular weight excluding hydrogens is 324 g/mol. The molecule has 0 unspecified atom stereocenters. The fourth-order valence-electron chi connectivity index (χ4n) is 1.94. The fraction of sp³-hybridized carbons (Fsp3) is 0.357. The molecule has 0 aromatic carbocycles. The lowest BCUT2D eigenvalue weighted by atomic mass is 10.2. The normalized spacial score (nSPS) is 10.6. The predicted molar refractivity (Wildman–Crippen MR) is 82.8 cm³/mol. The van der Waals surface area contributed by atoms with Gasteiger partial charge in [-0.3, -0.25) is 4.79 Å². The van der Waals surface area contributed by atoms with Crippen LogP contribution in [0.1, 0.15) is 29.4 Å². The van der Waals surface area contributed by atoms with Gasteiger partial charge in [-0.05, 0) is 57.2 Å². The number of carbonyl (C=O) groups is 1. The second-order valence-electron chi connectivity index (χ2n) is 4.37. The number of nitrogens with one attached hydrogen (secondary N) is 1. The van der Waals surface area contributed by atoms with E-state index in [1.807, 2.05) is 16.8 Å². The molecule has 5 heteroatoms. The van der Waals surface area contributed by atoms with Gasteiger partial charge in [-0.2, -0.15) is 11.3 Å². The van der Waals surface area contributed by atoms with Gasteiger partial charge in [0.05, 0.1) is 0 Å². The van der Waals surface area contributed by atoms with Gasteiger partial charge in [0.25, 0.3) is 5.91 Å². The van der Waals surface area contributed by atoms with Crippen LogP contribution in [0.4, 0.5) is 0 Å². The van der Waals surface area contributed by atoms with Gasteiger partial charge in [0, 0.05) is 23.8 Å². The SMILES string of the molecule is CCCn1cc(Br)cc1C(=O)NCCc1ccsc1. The highest BCUT2D eigenvalue weighted by Crippen LogP contribution is 2.15. The van der Waals surface area contributed by atoms with E-state index in [-0.39, 0.29) is 5.91 Å². The summed E-state index contributed by atoms with van der Waals surface area (Å²) in [5, 5.41) is 7.14. The molecule has 0 aliphatic rings. The van der Waals surface area contributed by atoms with E-state index in [2.05, 4.69) is 45.0 Å². The van der Waals surface area contributed by atoms with Crippen LogP contribution in [-0.4, -0.2) is 17.0 Å². The number of aryl methyl sites for hydroxylation is 1. The van der Waals surface area contributed by atoms with E-state index in [4.69, 9.17) is 0 Å². The van der Waals surface area contributed by atoms with E-state index in [1.54, 1.807) is 11.3 Å². The Morgan fingerprint density at radius 2 is 2.37 bits per heavy atom. The largest absolute Gasteiger partial charge is 0.350 e. The Labute approximate surface area is 125 Å². The van der Waals surface area contributed by atoms with Crippen molar-refractivity contribution in [1.82, 2.24) is 9.88 Å². The number of amides is 1. The van der Waals surface area contributed by atoms with E-state index >= 15 is 0 Å². The van der Waals surface area contributed by atoms with Crippen molar-refractivity contribution >= 4 is 33.2 Å². The third-order valence-electron chi connectivity index (χ3n) is 2.84. The van der Waals surface area contributed by atoms with Crippen LogP contribution < -0.4 is 5.32 Å². The number of rotatable bonds is 6. The first-order chi connectivity index (χ1) is 9.20. The highest BCUT2D eigenvalue weighted by Gasteiger charge is 2.12. The van der Waals surface area contributed by atoms with Gasteiger partial charge in [-0.1, -0.05) is 6.92 Å². The Hall–Kier alpha value is -1.07. The van der Waals surface area contributed by atoms with Gasteiger partial charge in [-0.25, -0.2) is 0 Å². The Balaban J connectivity index is 1.92. The molecule has 2 rings (SSSR count). The molecule has 0 spiro atoms. The van der Waals surface area contributed by atoms with Crippen LogP contribution >= 0.6 is 27.3 Å². The van der Waals surface area contributed by atoms with Gasteiger partial charge >= 0.3 is 0 Å². The summed E-state index contributed by atoms with van der Waals surface area (Å²) in [6.45, 7) is 3.63. The second-order valence-corrected chi connectivity index (χ2v) is 6.07. The summed E-state index contributed by atoms with van der Waals surface area (Å²) in [5.74, 6) is -0.00520. The Kier molecular flexibility index (Phi) is 5.22. The van der Waals surface area contributed by atoms with Crippen molar-refractivity contribution in [1.29, 1.82) is 0 Å². The predicted octanol–water partition coefficient (Wildman–Crippen LogP) is 3.69. The van der Waals surface area contributed by atoms with Crippen LogP contribution in [-0.2, 0) is 13.0 Å². The van der Waals surface area contributed by atoms with Gasteiger partial charge in [-0.15, -0.1) is 0 Å². The Morgan fingerprint density at radius 3 is 3.05 bits per heavy atom. The van der Waals surface area contributed by atoms with E-state index in [1.165, 1.54) is 5.56 Å². The number of halogens is 1. The number of aromatic nitrogens is 1. The molecule has 0 saturated heterocycles. The lowest BCUT2D eigenvalue weighted by Gasteiger charge is -2.08. The van der Waals surface area contributed by atoms with E-state index < -0.39 is 0 Å². The fourth-order valence-corrected chi connectivity index (χ4v) is 3.10. The lowest BCUT2D eigenvalue weighted by molar-refractivity contribution is 0.0945. The minimum absolute atomic E-state index is 0.00520. The van der Waals surface area contributed by atoms with Crippen LogP contribution in [0.15, 0.2) is 33.6 Å². The van der Waals surface area contributed by atoms with Crippen molar-refractivity contribution in [3.63, 3.8) is 0 Å². The highest BCUT2D eigenvalue weighted by atomic mass is 79.9. The molecule has 19 heavy (non-hydrogen) atoms. The van der Waals surface area contributed by atoms with Gasteiger partial charge < -0.3 is 9.88 Å². The third kappa shape index (κ3) is 3.94. The molecule has 3 nitrogen and oxygen atoms in total. The molecule has 0 radical (unpaired) electrons. The molecule has 0 aliphatic carbocycles. The van der Waals surface area contributed by atoms with E-state index in [9.17, 15) is 4.79 Å². The third-order valence-corrected chi connectivity index (χ3v) is 4.01. The molecule has 0 fully saturated rings. The van der Waals surface area contributed by atoms with Crippen molar-refractivity contribution in [2.75, 3.05) is 6.54 Å². The minimum Gasteiger partial charge on any atom is -0.350 e. The number of nitrogens with zero attached hydrogens (tertiary/aromatic N) is 1. The first kappa shape index (κ1) is 14.3. The van der Waals surface area contributed by atoms with Crippen molar-refractivity contribution in [3.8, 4) is 0 Å². The number of carbonyl (C=O) groups excluding carboxylic acids is 1. The number of thiophene rings is 1. The topological polar surface area (TPSA) is 34.0 Å². The average Bonchev–Trinajstić information content (AvgIpc) is 2.99. The summed E-state index contributed by atoms with van der Waals surface area (Å²) in [4.78, 5) is 12.1. The highest BCUT2D eigenvalue weighted by molar-refractivity contribution is 9.10. The molecule has 1 N–H and O–H groups in total. The molecular formula is C14H17BrN2OS. The zero-order valence-electron chi connectivity index (χ0n) is 10.9. The van der Waals surface area contributed by atoms with Crippen LogP contribution in [0.25, 0.3) is 0 Å². The van der Waals surface area contributed by atoms with Crippen LogP contribution in [0.2, 0.25) is 0 Å². The maximum absolute atomic E-state index is 12.1. The van der Waals surface area contributed by atoms with Gasteiger partial charge in [0.2, 0.25) is 0 Å². The summed E-state index contributed by atoms with van der Waals surface area (Å²) in [6.07, 6.45) is 3.85. The van der Waals surface area contributed by atoms with Gasteiger partial charge in [0.15, 0.2) is 0 Å². The summed E-state index contributed by atoms with van der Waals surface area (Å²) >= 11 is 5.11. The zero-order chi connectivity index (χ0) is 13.7. The van der Waals surface area contributed by atoms with E-state index in [0.717, 1.165) is 29.6 Å². The first-order valence-electron chi connectivity index (χ1n) is 6.35. The molecule has 102 valence electrons. The second kappa shape index (κ2) is 6.91. The molecule has 2 heterocycles. The van der Waals surface area contributed by atoms with Crippen LogP contribution in [0.3, 0.4) is 0 Å². The minimum atomic E-state index is -0.00520. The van der Waals surface area contributed by atoms with Gasteiger partial charge in [0.1, 0.15) is 5.69 Å². The van der Waals surface area contributed by atoms with Crippen molar-refractivity contribution in [3.05, 3.63) is 44.8 Å². The summed E-state index contributed by atoms with van der Waals surface area (Å²) < 4.78 is 2.94. The summed E-state index contributed by atoms with van der Waals surface area (Å²) in [5.41, 5.74) is 1.99. The molecule has 0 saturated carbocycles. The molecule has 1 amide bonds. The molecule has 2 aromatic rings. The maximum atomic E-state index is 12.1. The van der Waals surface area contributed by atoms with Crippen LogP contribution in [0.5, 0.6) is 0 Å². The summed E-state index contributed by atoms with van der Waals surface area (Å²) in [7, 11) is 0. The number of hydrogen-bond donors (Lipinski definition) is 1. The van der Waals surface area contributed by atoms with Crippen molar-refractivity contribution in [2.24, 2.45) is 0 Å². The first-order valence-corrected chi connectivity index (χ1v) is 8.09. The molecule has 0 bridgehead atoms. The zero-order valence-corrected chi connectivity index (χ0v) is 13.3. The lowest BCUT2D eigenvalue weighted by Crippen LogP contribution is -2.27. The maximum Gasteiger partial charge on any atom is 0.267 e. The molecule has 0 atom stereocenters. The number of hydrogen-bond acceptors (Lipinski definition) is 2. The summed E-state index contributed by atoms with van der Waals surface area (Å²) in [6, 6.07) is 3.96. The van der Waals surface area contributed by atoms with Crippen LogP contribution in [0, 0.1) is 0 Å². The monoisotopic (exact) mass is 340 g/mol. The molecule has 0 aliphatic heterocycles. The van der Waals surface area contributed by atoms with E-state index in [0.29, 0.717) is 6.54 Å². The average molecular weight is 341 g/mol. The van der Waals surface area contributed by atoms with Crippen molar-refractivity contribution < 1.29 is 4.79 Å². The Morgan fingerprint density at radius 1 is 1.53 bits per heavy atom. The standard InChI is InChI=1S/C14H17BrN2OS/c1-2-6-17-9-12(15)8-13(17)14(18)16-5-3-11-4-7-19-10-11/h4,7-10H,2-3,5-6H2,1H3,(H,16,18). The molecule has 2 aromatic heterocycles.